The molecule has 0 amide bonds. The number of halogens is 3. The molecule has 5 rings (SSSR count). The molecule has 3 aromatic rings. The van der Waals surface area contributed by atoms with Crippen LogP contribution in [0.1, 0.15) is 49.9 Å². The fourth-order valence-electron chi connectivity index (χ4n) is 4.79. The van der Waals surface area contributed by atoms with Gasteiger partial charge in [0.25, 0.3) is 0 Å². The standard InChI is InChI=1S/C25H30F3N7O2/c1-14(2)23-32-25(37-33-23)34-5-3-15(4-6-34)13-36-16-9-30-24(31-10-16)35-11-18(22(29)12-35)17-7-20(27)21(28)8-19(17)26/h7-10,14-15,18,22H,3-6,11-13,29H2,1-2H3/t18-,22+/m1/s1. The Balaban J connectivity index is 1.12. The molecule has 2 aliphatic heterocycles. The van der Waals surface area contributed by atoms with Crippen LogP contribution in [0.4, 0.5) is 25.1 Å². The van der Waals surface area contributed by atoms with Crippen LogP contribution in [-0.2, 0) is 0 Å². The molecular weight excluding hydrogens is 487 g/mol. The zero-order valence-electron chi connectivity index (χ0n) is 20.8. The highest BCUT2D eigenvalue weighted by Gasteiger charge is 2.35. The van der Waals surface area contributed by atoms with Gasteiger partial charge in [-0.25, -0.2) is 23.1 Å². The van der Waals surface area contributed by atoms with Gasteiger partial charge in [0.15, 0.2) is 23.2 Å². The summed E-state index contributed by atoms with van der Waals surface area (Å²) in [5.41, 5.74) is 6.25. The summed E-state index contributed by atoms with van der Waals surface area (Å²) in [5.74, 6) is -1.35. The maximum Gasteiger partial charge on any atom is 0.324 e. The smallest absolute Gasteiger partial charge is 0.324 e. The van der Waals surface area contributed by atoms with Crippen LogP contribution in [0.15, 0.2) is 29.0 Å². The summed E-state index contributed by atoms with van der Waals surface area (Å²) >= 11 is 0. The van der Waals surface area contributed by atoms with Gasteiger partial charge in [0.1, 0.15) is 5.82 Å². The van der Waals surface area contributed by atoms with Crippen molar-refractivity contribution in [2.75, 3.05) is 42.6 Å². The Morgan fingerprint density at radius 1 is 1.03 bits per heavy atom. The number of ether oxygens (including phenoxy) is 1. The van der Waals surface area contributed by atoms with Crippen LogP contribution < -0.4 is 20.3 Å². The summed E-state index contributed by atoms with van der Waals surface area (Å²) < 4.78 is 52.6. The minimum Gasteiger partial charge on any atom is -0.490 e. The molecule has 1 aromatic carbocycles. The number of piperidine rings is 1. The fourth-order valence-corrected chi connectivity index (χ4v) is 4.79. The first-order valence-electron chi connectivity index (χ1n) is 12.5. The minimum absolute atomic E-state index is 0.0550. The molecular formula is C25H30F3N7O2. The Kier molecular flexibility index (Phi) is 7.18. The van der Waals surface area contributed by atoms with Gasteiger partial charge in [0, 0.05) is 50.1 Å². The predicted molar refractivity (Wildman–Crippen MR) is 130 cm³/mol. The van der Waals surface area contributed by atoms with E-state index in [2.05, 4.69) is 25.0 Å². The van der Waals surface area contributed by atoms with Gasteiger partial charge < -0.3 is 24.8 Å². The van der Waals surface area contributed by atoms with Crippen LogP contribution in [0.5, 0.6) is 5.75 Å². The first-order chi connectivity index (χ1) is 17.8. The van der Waals surface area contributed by atoms with Gasteiger partial charge in [-0.05, 0) is 30.4 Å². The third-order valence-corrected chi connectivity index (χ3v) is 7.02. The van der Waals surface area contributed by atoms with Crippen molar-refractivity contribution >= 4 is 12.0 Å². The molecule has 9 nitrogen and oxygen atoms in total. The first-order valence-corrected chi connectivity index (χ1v) is 12.5. The maximum atomic E-state index is 14.3. The number of aromatic nitrogens is 4. The van der Waals surface area contributed by atoms with Gasteiger partial charge in [0.2, 0.25) is 5.95 Å². The molecule has 37 heavy (non-hydrogen) atoms. The number of rotatable bonds is 7. The molecule has 2 aromatic heterocycles. The van der Waals surface area contributed by atoms with E-state index < -0.39 is 29.4 Å². The van der Waals surface area contributed by atoms with Gasteiger partial charge in [0.05, 0.1) is 19.0 Å². The number of benzene rings is 1. The Bertz CT molecular complexity index is 1220. The molecule has 12 heteroatoms. The van der Waals surface area contributed by atoms with Crippen LogP contribution in [0.3, 0.4) is 0 Å². The van der Waals surface area contributed by atoms with Gasteiger partial charge in [-0.15, -0.1) is 0 Å². The lowest BCUT2D eigenvalue weighted by Crippen LogP contribution is -2.35. The number of hydrogen-bond donors (Lipinski definition) is 1. The molecule has 0 aliphatic carbocycles. The van der Waals surface area contributed by atoms with E-state index in [0.29, 0.717) is 55.2 Å². The molecule has 2 aliphatic rings. The molecule has 2 fully saturated rings. The average Bonchev–Trinajstić information content (AvgIpc) is 3.53. The van der Waals surface area contributed by atoms with Gasteiger partial charge >= 0.3 is 6.01 Å². The van der Waals surface area contributed by atoms with Crippen molar-refractivity contribution in [2.24, 2.45) is 11.7 Å². The van der Waals surface area contributed by atoms with E-state index in [1.807, 2.05) is 13.8 Å². The van der Waals surface area contributed by atoms with Crippen LogP contribution in [0, 0.1) is 23.4 Å². The molecule has 0 saturated carbocycles. The summed E-state index contributed by atoms with van der Waals surface area (Å²) in [5, 5.41) is 4.03. The number of anilines is 2. The molecule has 0 unspecified atom stereocenters. The molecule has 0 bridgehead atoms. The molecule has 0 spiro atoms. The Hall–Kier alpha value is -3.41. The van der Waals surface area contributed by atoms with Crippen molar-refractivity contribution in [3.05, 3.63) is 53.4 Å². The van der Waals surface area contributed by atoms with Gasteiger partial charge in [-0.1, -0.05) is 19.0 Å². The average molecular weight is 518 g/mol. The topological polar surface area (TPSA) is 106 Å². The third-order valence-electron chi connectivity index (χ3n) is 7.02. The van der Waals surface area contributed by atoms with E-state index in [9.17, 15) is 13.2 Å². The fraction of sp³-hybridized carbons (Fsp3) is 0.520. The largest absolute Gasteiger partial charge is 0.490 e. The van der Waals surface area contributed by atoms with E-state index >= 15 is 0 Å². The summed E-state index contributed by atoms with van der Waals surface area (Å²) in [6.07, 6.45) is 5.07. The van der Waals surface area contributed by atoms with Gasteiger partial charge in [-0.2, -0.15) is 4.98 Å². The van der Waals surface area contributed by atoms with E-state index in [4.69, 9.17) is 15.0 Å². The lowest BCUT2D eigenvalue weighted by Gasteiger charge is -2.30. The Morgan fingerprint density at radius 3 is 2.41 bits per heavy atom. The molecule has 2 saturated heterocycles. The minimum atomic E-state index is -1.22. The number of hydrogen-bond acceptors (Lipinski definition) is 9. The zero-order valence-corrected chi connectivity index (χ0v) is 20.8. The first kappa shape index (κ1) is 25.2. The second kappa shape index (κ2) is 10.5. The second-order valence-electron chi connectivity index (χ2n) is 10.0. The van der Waals surface area contributed by atoms with E-state index in [1.165, 1.54) is 0 Å². The van der Waals surface area contributed by atoms with Crippen LogP contribution in [0.25, 0.3) is 0 Å². The monoisotopic (exact) mass is 517 g/mol. The van der Waals surface area contributed by atoms with Crippen molar-refractivity contribution in [1.82, 2.24) is 20.1 Å². The van der Waals surface area contributed by atoms with Gasteiger partial charge in [-0.3, -0.25) is 0 Å². The highest BCUT2D eigenvalue weighted by molar-refractivity contribution is 5.39. The van der Waals surface area contributed by atoms with E-state index in [-0.39, 0.29) is 11.5 Å². The van der Waals surface area contributed by atoms with Crippen molar-refractivity contribution in [1.29, 1.82) is 0 Å². The van der Waals surface area contributed by atoms with Crippen molar-refractivity contribution in [3.63, 3.8) is 0 Å². The Morgan fingerprint density at radius 2 is 1.73 bits per heavy atom. The SMILES string of the molecule is CC(C)c1noc(N2CCC(COc3cnc(N4C[C@H](c5cc(F)c(F)cc5F)[C@@H](N)C4)nc3)CC2)n1. The number of nitrogens with two attached hydrogens (primary N) is 1. The van der Waals surface area contributed by atoms with Crippen molar-refractivity contribution < 1.29 is 22.4 Å². The highest BCUT2D eigenvalue weighted by Crippen LogP contribution is 2.32. The number of nitrogens with zero attached hydrogens (tertiary/aromatic N) is 6. The maximum absolute atomic E-state index is 14.3. The lowest BCUT2D eigenvalue weighted by atomic mass is 9.94. The predicted octanol–water partition coefficient (Wildman–Crippen LogP) is 3.63. The van der Waals surface area contributed by atoms with E-state index in [1.54, 1.807) is 17.3 Å². The zero-order chi connectivity index (χ0) is 26.1. The Labute approximate surface area is 212 Å². The molecule has 198 valence electrons. The summed E-state index contributed by atoms with van der Waals surface area (Å²) in [6, 6.07) is 1.53. The second-order valence-corrected chi connectivity index (χ2v) is 10.0. The molecule has 4 heterocycles. The van der Waals surface area contributed by atoms with E-state index in [0.717, 1.165) is 32.0 Å². The normalized spacial score (nSPS) is 20.7. The summed E-state index contributed by atoms with van der Waals surface area (Å²) in [7, 11) is 0. The van der Waals surface area contributed by atoms with Crippen LogP contribution >= 0.6 is 0 Å². The van der Waals surface area contributed by atoms with Crippen molar-refractivity contribution in [2.45, 2.75) is 44.6 Å². The van der Waals surface area contributed by atoms with Crippen molar-refractivity contribution in [3.8, 4) is 5.75 Å². The molecule has 2 N–H and O–H groups in total. The quantitative estimate of drug-likeness (QED) is 0.470. The molecule has 2 atom stereocenters. The molecule has 0 radical (unpaired) electrons. The van der Waals surface area contributed by atoms with Crippen LogP contribution in [-0.4, -0.2) is 58.9 Å². The lowest BCUT2D eigenvalue weighted by molar-refractivity contribution is 0.219. The summed E-state index contributed by atoms with van der Waals surface area (Å²) in [6.45, 7) is 6.90. The van der Waals surface area contributed by atoms with Crippen LogP contribution in [0.2, 0.25) is 0 Å². The third kappa shape index (κ3) is 5.48. The highest BCUT2D eigenvalue weighted by atomic mass is 19.2. The summed E-state index contributed by atoms with van der Waals surface area (Å²) in [4.78, 5) is 17.1.